The molecule has 4 rings (SSSR count). The van der Waals surface area contributed by atoms with Crippen LogP contribution in [0, 0.1) is 11.7 Å². The van der Waals surface area contributed by atoms with Crippen molar-refractivity contribution >= 4 is 17.2 Å². The second-order valence-corrected chi connectivity index (χ2v) is 8.39. The van der Waals surface area contributed by atoms with Crippen LogP contribution < -0.4 is 0 Å². The summed E-state index contributed by atoms with van der Waals surface area (Å²) in [6.45, 7) is 1.58. The van der Waals surface area contributed by atoms with Crippen LogP contribution in [0.1, 0.15) is 55.9 Å². The van der Waals surface area contributed by atoms with Gasteiger partial charge in [-0.1, -0.05) is 42.7 Å². The fraction of sp³-hybridized carbons (Fsp3) is 0.550. The molecule has 1 atom stereocenters. The molecule has 1 saturated carbocycles. The molecule has 1 amide bonds. The summed E-state index contributed by atoms with van der Waals surface area (Å²) in [5.74, 6) is 0.487. The molecule has 2 heterocycles. The molecule has 1 saturated heterocycles. The first-order valence-electron chi connectivity index (χ1n) is 9.59. The molecule has 26 heavy (non-hydrogen) atoms. The lowest BCUT2D eigenvalue weighted by Gasteiger charge is -2.35. The van der Waals surface area contributed by atoms with E-state index in [1.807, 2.05) is 11.0 Å². The largest absolute Gasteiger partial charge is 0.342 e. The normalized spacial score (nSPS) is 21.7. The molecular formula is C20H24FN3OS. The van der Waals surface area contributed by atoms with Crippen molar-refractivity contribution in [3.05, 3.63) is 35.1 Å². The van der Waals surface area contributed by atoms with Gasteiger partial charge in [0.1, 0.15) is 10.8 Å². The Kier molecular flexibility index (Phi) is 5.29. The van der Waals surface area contributed by atoms with Crippen LogP contribution in [-0.2, 0) is 4.79 Å². The molecule has 1 aromatic heterocycles. The Hall–Kier alpha value is -1.82. The summed E-state index contributed by atoms with van der Waals surface area (Å²) in [6.07, 6.45) is 7.70. The maximum atomic E-state index is 14.0. The Labute approximate surface area is 157 Å². The highest BCUT2D eigenvalue weighted by atomic mass is 32.1. The molecule has 0 bridgehead atoms. The first-order valence-corrected chi connectivity index (χ1v) is 10.4. The number of piperidine rings is 1. The number of aromatic nitrogens is 2. The van der Waals surface area contributed by atoms with E-state index in [2.05, 4.69) is 10.2 Å². The lowest BCUT2D eigenvalue weighted by molar-refractivity contribution is -0.137. The Morgan fingerprint density at radius 1 is 1.08 bits per heavy atom. The predicted molar refractivity (Wildman–Crippen MR) is 100 cm³/mol. The number of carbonyl (C=O) groups is 1. The van der Waals surface area contributed by atoms with E-state index in [-0.39, 0.29) is 17.7 Å². The molecule has 138 valence electrons. The quantitative estimate of drug-likeness (QED) is 0.788. The van der Waals surface area contributed by atoms with E-state index in [1.54, 1.807) is 12.1 Å². The third-order valence-electron chi connectivity index (χ3n) is 5.58. The smallest absolute Gasteiger partial charge is 0.225 e. The molecule has 1 aromatic carbocycles. The molecule has 1 unspecified atom stereocenters. The number of hydrogen-bond acceptors (Lipinski definition) is 4. The standard InChI is InChI=1S/C20H24FN3OS/c21-17-11-5-4-10-16(17)19-23-22-18(26-19)15-9-6-12-24(13-15)20(25)14-7-2-1-3-8-14/h4-5,10-11,14-15H,1-3,6-9,12-13H2. The van der Waals surface area contributed by atoms with Gasteiger partial charge in [0.2, 0.25) is 5.91 Å². The molecule has 6 heteroatoms. The average Bonchev–Trinajstić information content (AvgIpc) is 3.18. The molecule has 2 fully saturated rings. The summed E-state index contributed by atoms with van der Waals surface area (Å²) >= 11 is 1.46. The molecule has 0 spiro atoms. The second kappa shape index (κ2) is 7.82. The van der Waals surface area contributed by atoms with Gasteiger partial charge in [-0.25, -0.2) is 4.39 Å². The molecule has 0 radical (unpaired) electrons. The van der Waals surface area contributed by atoms with Crippen LogP contribution in [0.3, 0.4) is 0 Å². The number of hydrogen-bond donors (Lipinski definition) is 0. The third-order valence-corrected chi connectivity index (χ3v) is 6.70. The van der Waals surface area contributed by atoms with Crippen LogP contribution in [0.5, 0.6) is 0 Å². The highest BCUT2D eigenvalue weighted by Crippen LogP contribution is 2.34. The molecule has 4 nitrogen and oxygen atoms in total. The van der Waals surface area contributed by atoms with Crippen molar-refractivity contribution in [3.8, 4) is 10.6 Å². The summed E-state index contributed by atoms with van der Waals surface area (Å²) in [7, 11) is 0. The van der Waals surface area contributed by atoms with E-state index in [9.17, 15) is 9.18 Å². The molecule has 1 aliphatic carbocycles. The fourth-order valence-electron chi connectivity index (χ4n) is 4.13. The van der Waals surface area contributed by atoms with Crippen LogP contribution in [0.4, 0.5) is 4.39 Å². The van der Waals surface area contributed by atoms with Crippen LogP contribution in [0.15, 0.2) is 24.3 Å². The zero-order valence-electron chi connectivity index (χ0n) is 14.9. The number of nitrogens with zero attached hydrogens (tertiary/aromatic N) is 3. The number of amides is 1. The fourth-order valence-corrected chi connectivity index (χ4v) is 5.13. The minimum atomic E-state index is -0.270. The van der Waals surface area contributed by atoms with Gasteiger partial charge < -0.3 is 4.90 Å². The van der Waals surface area contributed by atoms with Gasteiger partial charge in [-0.3, -0.25) is 4.79 Å². The molecule has 2 aliphatic rings. The molecule has 2 aromatic rings. The first-order chi connectivity index (χ1) is 12.7. The van der Waals surface area contributed by atoms with Crippen molar-refractivity contribution in [1.82, 2.24) is 15.1 Å². The summed E-state index contributed by atoms with van der Waals surface area (Å²) in [5, 5.41) is 10.1. The van der Waals surface area contributed by atoms with Crippen molar-refractivity contribution in [3.63, 3.8) is 0 Å². The van der Waals surface area contributed by atoms with Gasteiger partial charge in [0.15, 0.2) is 5.01 Å². The highest BCUT2D eigenvalue weighted by molar-refractivity contribution is 7.14. The van der Waals surface area contributed by atoms with Crippen molar-refractivity contribution in [1.29, 1.82) is 0 Å². The minimum Gasteiger partial charge on any atom is -0.342 e. The minimum absolute atomic E-state index is 0.214. The van der Waals surface area contributed by atoms with Crippen molar-refractivity contribution in [2.45, 2.75) is 50.9 Å². The SMILES string of the molecule is O=C(C1CCCCC1)N1CCCC(c2nnc(-c3ccccc3F)s2)C1. The van der Waals surface area contributed by atoms with Crippen molar-refractivity contribution < 1.29 is 9.18 Å². The Morgan fingerprint density at radius 2 is 1.88 bits per heavy atom. The molecule has 0 N–H and O–H groups in total. The van der Waals surface area contributed by atoms with Gasteiger partial charge in [0.25, 0.3) is 0 Å². The topological polar surface area (TPSA) is 46.1 Å². The van der Waals surface area contributed by atoms with Gasteiger partial charge in [-0.2, -0.15) is 0 Å². The summed E-state index contributed by atoms with van der Waals surface area (Å²) < 4.78 is 14.0. The summed E-state index contributed by atoms with van der Waals surface area (Å²) in [6, 6.07) is 6.67. The average molecular weight is 373 g/mol. The Balaban J connectivity index is 1.46. The lowest BCUT2D eigenvalue weighted by Crippen LogP contribution is -2.42. The van der Waals surface area contributed by atoms with Crippen LogP contribution in [0.2, 0.25) is 0 Å². The van der Waals surface area contributed by atoms with Gasteiger partial charge in [-0.05, 0) is 37.8 Å². The van der Waals surface area contributed by atoms with Crippen molar-refractivity contribution in [2.24, 2.45) is 5.92 Å². The Bertz CT molecular complexity index is 772. The van der Waals surface area contributed by atoms with Gasteiger partial charge in [0, 0.05) is 30.5 Å². The van der Waals surface area contributed by atoms with Gasteiger partial charge in [-0.15, -0.1) is 10.2 Å². The van der Waals surface area contributed by atoms with E-state index in [0.29, 0.717) is 16.5 Å². The number of carbonyl (C=O) groups excluding carboxylic acids is 1. The van der Waals surface area contributed by atoms with E-state index in [4.69, 9.17) is 0 Å². The maximum absolute atomic E-state index is 14.0. The molecule has 1 aliphatic heterocycles. The zero-order valence-corrected chi connectivity index (χ0v) is 15.7. The van der Waals surface area contributed by atoms with E-state index >= 15 is 0 Å². The van der Waals surface area contributed by atoms with Crippen LogP contribution in [-0.4, -0.2) is 34.1 Å². The number of halogens is 1. The van der Waals surface area contributed by atoms with Crippen LogP contribution >= 0.6 is 11.3 Å². The molecular weight excluding hydrogens is 349 g/mol. The van der Waals surface area contributed by atoms with Crippen molar-refractivity contribution in [2.75, 3.05) is 13.1 Å². The second-order valence-electron chi connectivity index (χ2n) is 7.38. The lowest BCUT2D eigenvalue weighted by atomic mass is 9.87. The van der Waals surface area contributed by atoms with Crippen LogP contribution in [0.25, 0.3) is 10.6 Å². The summed E-state index contributed by atoms with van der Waals surface area (Å²) in [4.78, 5) is 14.9. The number of rotatable bonds is 3. The van der Waals surface area contributed by atoms with E-state index in [0.717, 1.165) is 43.8 Å². The monoisotopic (exact) mass is 373 g/mol. The van der Waals surface area contributed by atoms with Gasteiger partial charge in [0.05, 0.1) is 0 Å². The van der Waals surface area contributed by atoms with E-state index in [1.165, 1.54) is 36.7 Å². The number of benzene rings is 1. The Morgan fingerprint density at radius 3 is 2.69 bits per heavy atom. The van der Waals surface area contributed by atoms with E-state index < -0.39 is 0 Å². The third kappa shape index (κ3) is 3.65. The summed E-state index contributed by atoms with van der Waals surface area (Å²) in [5.41, 5.74) is 0.502. The maximum Gasteiger partial charge on any atom is 0.225 e. The van der Waals surface area contributed by atoms with Gasteiger partial charge >= 0.3 is 0 Å². The first kappa shape index (κ1) is 17.6. The number of likely N-dealkylation sites (tertiary alicyclic amines) is 1. The predicted octanol–water partition coefficient (Wildman–Crippen LogP) is 4.63. The zero-order chi connectivity index (χ0) is 17.9. The highest BCUT2D eigenvalue weighted by Gasteiger charge is 2.31.